The zero-order valence-electron chi connectivity index (χ0n) is 16.8. The summed E-state index contributed by atoms with van der Waals surface area (Å²) >= 11 is 2.04. The average molecular weight is 399 g/mol. The van der Waals surface area contributed by atoms with E-state index < -0.39 is 0 Å². The molecule has 2 aromatic carbocycles. The number of carbonyl (C=O) groups is 1. The van der Waals surface area contributed by atoms with Crippen molar-refractivity contribution < 1.29 is 4.79 Å². The van der Waals surface area contributed by atoms with E-state index in [9.17, 15) is 4.79 Å². The van der Waals surface area contributed by atoms with Crippen molar-refractivity contribution >= 4 is 29.2 Å². The van der Waals surface area contributed by atoms with Crippen LogP contribution in [0.4, 0.5) is 16.2 Å². The minimum atomic E-state index is -0.185. The van der Waals surface area contributed by atoms with E-state index in [1.807, 2.05) is 50.1 Å². The average Bonchev–Trinajstić information content (AvgIpc) is 2.73. The Morgan fingerprint density at radius 1 is 1.00 bits per heavy atom. The molecule has 150 valence electrons. The third-order valence-electron chi connectivity index (χ3n) is 4.94. The first-order chi connectivity index (χ1) is 13.6. The summed E-state index contributed by atoms with van der Waals surface area (Å²) in [6.45, 7) is 4.01. The van der Waals surface area contributed by atoms with Gasteiger partial charge in [-0.15, -0.1) is 0 Å². The van der Waals surface area contributed by atoms with E-state index in [4.69, 9.17) is 0 Å². The van der Waals surface area contributed by atoms with Crippen LogP contribution >= 0.6 is 11.8 Å². The Bertz CT molecular complexity index is 740. The molecule has 0 unspecified atom stereocenters. The number of nitrogens with zero attached hydrogens (tertiary/aromatic N) is 2. The van der Waals surface area contributed by atoms with Crippen LogP contribution in [0.25, 0.3) is 0 Å². The molecule has 0 bridgehead atoms. The third kappa shape index (κ3) is 6.46. The highest BCUT2D eigenvalue weighted by molar-refractivity contribution is 7.99. The van der Waals surface area contributed by atoms with Gasteiger partial charge in [-0.1, -0.05) is 24.3 Å². The van der Waals surface area contributed by atoms with E-state index in [1.165, 1.54) is 30.2 Å². The second-order valence-corrected chi connectivity index (χ2v) is 8.49. The van der Waals surface area contributed by atoms with E-state index in [-0.39, 0.29) is 6.03 Å². The predicted molar refractivity (Wildman–Crippen MR) is 121 cm³/mol. The number of hydrogen-bond acceptors (Lipinski definition) is 4. The minimum absolute atomic E-state index is 0.185. The fourth-order valence-electron chi connectivity index (χ4n) is 3.14. The quantitative estimate of drug-likeness (QED) is 0.747. The highest BCUT2D eigenvalue weighted by Crippen LogP contribution is 2.14. The Morgan fingerprint density at radius 3 is 2.29 bits per heavy atom. The van der Waals surface area contributed by atoms with Gasteiger partial charge >= 0.3 is 6.03 Å². The first-order valence-electron chi connectivity index (χ1n) is 9.80. The molecule has 1 aliphatic heterocycles. The lowest BCUT2D eigenvalue weighted by Crippen LogP contribution is -2.34. The molecule has 0 aromatic heterocycles. The van der Waals surface area contributed by atoms with Crippen molar-refractivity contribution in [1.82, 2.24) is 10.2 Å². The van der Waals surface area contributed by atoms with Gasteiger partial charge in [0.25, 0.3) is 0 Å². The van der Waals surface area contributed by atoms with Gasteiger partial charge in [0.05, 0.1) is 0 Å². The molecule has 0 atom stereocenters. The highest BCUT2D eigenvalue weighted by Gasteiger charge is 2.10. The maximum absolute atomic E-state index is 12.1. The van der Waals surface area contributed by atoms with Gasteiger partial charge in [0, 0.05) is 63.2 Å². The number of carbonyl (C=O) groups excluding carboxylic acids is 1. The number of anilines is 2. The molecular formula is C22H30N4OS. The number of rotatable bonds is 7. The first kappa shape index (κ1) is 20.6. The zero-order valence-corrected chi connectivity index (χ0v) is 17.6. The largest absolute Gasteiger partial charge is 0.378 e. The minimum Gasteiger partial charge on any atom is -0.378 e. The van der Waals surface area contributed by atoms with E-state index in [0.717, 1.165) is 29.9 Å². The SMILES string of the molecule is CN(C)c1ccc(CNC(=O)Nc2ccc(CCN3CCSCC3)cc2)cc1. The zero-order chi connectivity index (χ0) is 19.8. The van der Waals surface area contributed by atoms with Crippen molar-refractivity contribution in [3.05, 3.63) is 59.7 Å². The summed E-state index contributed by atoms with van der Waals surface area (Å²) in [6, 6.07) is 16.2. The summed E-state index contributed by atoms with van der Waals surface area (Å²) in [7, 11) is 4.03. The van der Waals surface area contributed by atoms with Crippen LogP contribution in [0.2, 0.25) is 0 Å². The number of benzene rings is 2. The van der Waals surface area contributed by atoms with E-state index >= 15 is 0 Å². The lowest BCUT2D eigenvalue weighted by atomic mass is 10.1. The Morgan fingerprint density at radius 2 is 1.64 bits per heavy atom. The van der Waals surface area contributed by atoms with Crippen LogP contribution in [0.5, 0.6) is 0 Å². The molecule has 2 aromatic rings. The van der Waals surface area contributed by atoms with Crippen LogP contribution in [0.15, 0.2) is 48.5 Å². The van der Waals surface area contributed by atoms with Crippen LogP contribution in [0.1, 0.15) is 11.1 Å². The maximum Gasteiger partial charge on any atom is 0.319 e. The molecule has 0 aliphatic carbocycles. The standard InChI is InChI=1S/C22H30N4OS/c1-25(2)21-9-5-19(6-10-21)17-23-22(27)24-20-7-3-18(4-8-20)11-12-26-13-15-28-16-14-26/h3-10H,11-17H2,1-2H3,(H2,23,24,27). The second kappa shape index (κ2) is 10.4. The number of urea groups is 1. The molecule has 1 aliphatic rings. The van der Waals surface area contributed by atoms with Crippen LogP contribution in [0, 0.1) is 0 Å². The van der Waals surface area contributed by atoms with Crippen LogP contribution in [-0.4, -0.2) is 56.2 Å². The van der Waals surface area contributed by atoms with Gasteiger partial charge in [-0.05, 0) is 41.8 Å². The Kier molecular flexibility index (Phi) is 7.62. The van der Waals surface area contributed by atoms with Crippen LogP contribution in [-0.2, 0) is 13.0 Å². The molecule has 0 spiro atoms. The summed E-state index contributed by atoms with van der Waals surface area (Å²) in [5.74, 6) is 2.50. The molecular weight excluding hydrogens is 368 g/mol. The number of hydrogen-bond donors (Lipinski definition) is 2. The van der Waals surface area contributed by atoms with Gasteiger partial charge in [0.2, 0.25) is 0 Å². The molecule has 3 rings (SSSR count). The monoisotopic (exact) mass is 398 g/mol. The maximum atomic E-state index is 12.1. The predicted octanol–water partition coefficient (Wildman–Crippen LogP) is 3.67. The van der Waals surface area contributed by atoms with Gasteiger partial charge in [0.15, 0.2) is 0 Å². The Labute approximate surface area is 172 Å². The molecule has 0 radical (unpaired) electrons. The highest BCUT2D eigenvalue weighted by atomic mass is 32.2. The number of amides is 2. The summed E-state index contributed by atoms with van der Waals surface area (Å²) in [4.78, 5) is 16.7. The molecule has 5 nitrogen and oxygen atoms in total. The van der Waals surface area contributed by atoms with Gasteiger partial charge in [-0.3, -0.25) is 0 Å². The van der Waals surface area contributed by atoms with Crippen molar-refractivity contribution in [3.63, 3.8) is 0 Å². The lowest BCUT2D eigenvalue weighted by molar-refractivity contribution is 0.251. The summed E-state index contributed by atoms with van der Waals surface area (Å²) in [5.41, 5.74) is 4.35. The van der Waals surface area contributed by atoms with Crippen molar-refractivity contribution in [2.24, 2.45) is 0 Å². The molecule has 0 saturated carbocycles. The molecule has 1 saturated heterocycles. The van der Waals surface area contributed by atoms with Crippen molar-refractivity contribution in [1.29, 1.82) is 0 Å². The fraction of sp³-hybridized carbons (Fsp3) is 0.409. The van der Waals surface area contributed by atoms with Crippen LogP contribution in [0.3, 0.4) is 0 Å². The Balaban J connectivity index is 1.41. The third-order valence-corrected chi connectivity index (χ3v) is 5.88. The molecule has 1 heterocycles. The van der Waals surface area contributed by atoms with E-state index in [0.29, 0.717) is 6.54 Å². The fourth-order valence-corrected chi connectivity index (χ4v) is 4.12. The molecule has 2 N–H and O–H groups in total. The smallest absolute Gasteiger partial charge is 0.319 e. The normalized spacial score (nSPS) is 14.5. The lowest BCUT2D eigenvalue weighted by Gasteiger charge is -2.26. The van der Waals surface area contributed by atoms with Crippen molar-refractivity contribution in [2.45, 2.75) is 13.0 Å². The van der Waals surface area contributed by atoms with Gasteiger partial charge in [-0.2, -0.15) is 11.8 Å². The summed E-state index contributed by atoms with van der Waals surface area (Å²) < 4.78 is 0. The van der Waals surface area contributed by atoms with Gasteiger partial charge in [0.1, 0.15) is 0 Å². The van der Waals surface area contributed by atoms with E-state index in [1.54, 1.807) is 0 Å². The van der Waals surface area contributed by atoms with E-state index in [2.05, 4.69) is 44.7 Å². The number of nitrogens with one attached hydrogen (secondary N) is 2. The summed E-state index contributed by atoms with van der Waals surface area (Å²) in [5, 5.41) is 5.81. The molecule has 2 amide bonds. The van der Waals surface area contributed by atoms with Gasteiger partial charge in [-0.25, -0.2) is 4.79 Å². The first-order valence-corrected chi connectivity index (χ1v) is 11.0. The Hall–Kier alpha value is -2.18. The molecule has 1 fully saturated rings. The second-order valence-electron chi connectivity index (χ2n) is 7.27. The molecule has 6 heteroatoms. The summed E-state index contributed by atoms with van der Waals surface area (Å²) in [6.07, 6.45) is 1.06. The van der Waals surface area contributed by atoms with Gasteiger partial charge < -0.3 is 20.4 Å². The van der Waals surface area contributed by atoms with Crippen molar-refractivity contribution in [2.75, 3.05) is 55.5 Å². The number of thioether (sulfide) groups is 1. The van der Waals surface area contributed by atoms with Crippen LogP contribution < -0.4 is 15.5 Å². The van der Waals surface area contributed by atoms with Crippen molar-refractivity contribution in [3.8, 4) is 0 Å². The topological polar surface area (TPSA) is 47.6 Å². The molecule has 28 heavy (non-hydrogen) atoms.